The Balaban J connectivity index is 1.50. The normalized spacial score (nSPS) is 16.9. The maximum Gasteiger partial charge on any atom is 0.251 e. The van der Waals surface area contributed by atoms with E-state index in [2.05, 4.69) is 0 Å². The summed E-state index contributed by atoms with van der Waals surface area (Å²) < 4.78 is 0. The first-order chi connectivity index (χ1) is 18.6. The van der Waals surface area contributed by atoms with Crippen molar-refractivity contribution in [3.63, 3.8) is 0 Å². The summed E-state index contributed by atoms with van der Waals surface area (Å²) in [7, 11) is 0. The van der Waals surface area contributed by atoms with Crippen LogP contribution in [0, 0.1) is 0 Å². The van der Waals surface area contributed by atoms with Crippen LogP contribution in [0.3, 0.4) is 0 Å². The van der Waals surface area contributed by atoms with Gasteiger partial charge in [0.2, 0.25) is 0 Å². The van der Waals surface area contributed by atoms with Crippen molar-refractivity contribution in [3.8, 4) is 0 Å². The highest BCUT2D eigenvalue weighted by molar-refractivity contribution is 6.07. The number of carbonyl (C=O) groups excluding carboxylic acids is 2. The van der Waals surface area contributed by atoms with Crippen LogP contribution in [0.1, 0.15) is 36.1 Å². The summed E-state index contributed by atoms with van der Waals surface area (Å²) in [5.41, 5.74) is 4.55. The van der Waals surface area contributed by atoms with E-state index in [9.17, 15) is 9.59 Å². The van der Waals surface area contributed by atoms with E-state index in [-0.39, 0.29) is 23.9 Å². The van der Waals surface area contributed by atoms with Crippen LogP contribution in [-0.2, 0) is 9.59 Å². The van der Waals surface area contributed by atoms with Crippen molar-refractivity contribution in [2.75, 3.05) is 9.80 Å². The van der Waals surface area contributed by atoms with Crippen LogP contribution in [-0.4, -0.2) is 17.9 Å². The molecule has 5 rings (SSSR count). The zero-order valence-electron chi connectivity index (χ0n) is 21.4. The van der Waals surface area contributed by atoms with Gasteiger partial charge in [0.05, 0.1) is 6.04 Å². The van der Waals surface area contributed by atoms with Crippen molar-refractivity contribution in [1.82, 2.24) is 0 Å². The van der Waals surface area contributed by atoms with E-state index in [4.69, 9.17) is 0 Å². The number of anilines is 2. The molecule has 0 fully saturated rings. The Morgan fingerprint density at radius 1 is 0.711 bits per heavy atom. The Kier molecular flexibility index (Phi) is 7.60. The van der Waals surface area contributed by atoms with E-state index in [1.807, 2.05) is 144 Å². The second kappa shape index (κ2) is 11.6. The van der Waals surface area contributed by atoms with Gasteiger partial charge in [-0.15, -0.1) is 0 Å². The number of hydrogen-bond acceptors (Lipinski definition) is 2. The van der Waals surface area contributed by atoms with Crippen LogP contribution in [0.15, 0.2) is 127 Å². The lowest BCUT2D eigenvalue weighted by Crippen LogP contribution is -2.47. The highest BCUT2D eigenvalue weighted by Gasteiger charge is 2.37. The molecule has 1 aliphatic rings. The number of hydrogen-bond donors (Lipinski definition) is 0. The van der Waals surface area contributed by atoms with Gasteiger partial charge in [0.25, 0.3) is 11.8 Å². The van der Waals surface area contributed by atoms with Crippen molar-refractivity contribution in [1.29, 1.82) is 0 Å². The van der Waals surface area contributed by atoms with Crippen molar-refractivity contribution in [2.45, 2.75) is 25.4 Å². The molecule has 0 N–H and O–H groups in total. The number of fused-ring (bicyclic) bond motifs is 1. The van der Waals surface area contributed by atoms with Gasteiger partial charge in [-0.1, -0.05) is 97.1 Å². The van der Waals surface area contributed by atoms with Gasteiger partial charge in [0, 0.05) is 29.6 Å². The molecule has 4 heteroatoms. The molecule has 188 valence electrons. The summed E-state index contributed by atoms with van der Waals surface area (Å²) in [5, 5.41) is 0. The molecule has 0 aliphatic carbocycles. The van der Waals surface area contributed by atoms with Gasteiger partial charge in [-0.3, -0.25) is 9.59 Å². The maximum atomic E-state index is 13.8. The smallest absolute Gasteiger partial charge is 0.251 e. The lowest BCUT2D eigenvalue weighted by atomic mass is 9.89. The molecule has 0 spiro atoms. The molecule has 1 heterocycles. The fourth-order valence-corrected chi connectivity index (χ4v) is 5.04. The molecule has 0 saturated carbocycles. The van der Waals surface area contributed by atoms with Crippen LogP contribution < -0.4 is 9.80 Å². The van der Waals surface area contributed by atoms with Crippen LogP contribution in [0.25, 0.3) is 12.2 Å². The van der Waals surface area contributed by atoms with Gasteiger partial charge in [-0.2, -0.15) is 0 Å². The zero-order chi connectivity index (χ0) is 26.3. The van der Waals surface area contributed by atoms with E-state index in [0.717, 1.165) is 28.1 Å². The number of nitrogens with zero attached hydrogens (tertiary/aromatic N) is 2. The van der Waals surface area contributed by atoms with Crippen LogP contribution in [0.5, 0.6) is 0 Å². The van der Waals surface area contributed by atoms with Crippen LogP contribution in [0.2, 0.25) is 0 Å². The summed E-state index contributed by atoms with van der Waals surface area (Å²) >= 11 is 0. The average Bonchev–Trinajstić information content (AvgIpc) is 2.96. The van der Waals surface area contributed by atoms with Crippen molar-refractivity contribution in [3.05, 3.63) is 144 Å². The van der Waals surface area contributed by atoms with Gasteiger partial charge in [-0.25, -0.2) is 0 Å². The summed E-state index contributed by atoms with van der Waals surface area (Å²) in [6.45, 7) is 2.05. The minimum atomic E-state index is -0.223. The first kappa shape index (κ1) is 25.0. The first-order valence-corrected chi connectivity index (χ1v) is 12.9. The van der Waals surface area contributed by atoms with Gasteiger partial charge >= 0.3 is 0 Å². The summed E-state index contributed by atoms with van der Waals surface area (Å²) in [4.78, 5) is 30.9. The van der Waals surface area contributed by atoms with E-state index in [1.165, 1.54) is 0 Å². The zero-order valence-corrected chi connectivity index (χ0v) is 21.4. The van der Waals surface area contributed by atoms with E-state index < -0.39 is 0 Å². The van der Waals surface area contributed by atoms with Crippen molar-refractivity contribution >= 4 is 35.3 Å². The van der Waals surface area contributed by atoms with Gasteiger partial charge in [-0.05, 0) is 60.4 Å². The predicted molar refractivity (Wildman–Crippen MR) is 156 cm³/mol. The molecular weight excluding hydrogens is 468 g/mol. The van der Waals surface area contributed by atoms with Crippen LogP contribution >= 0.6 is 0 Å². The molecule has 2 atom stereocenters. The lowest BCUT2D eigenvalue weighted by molar-refractivity contribution is -0.114. The standard InChI is InChI=1S/C34H30N2O2/c1-26-25-32(36(29-17-9-4-10-18-29)34(38)24-22-28-15-7-3-8-16-28)30-19-11-12-20-31(30)35(26)33(37)23-21-27-13-5-2-6-14-27/h2-24,26,32H,25H2,1H3/b23-21+,24-22+/t26-,32+/m0/s1. The Morgan fingerprint density at radius 2 is 1.24 bits per heavy atom. The number of benzene rings is 4. The Labute approximate surface area is 224 Å². The third-order valence-corrected chi connectivity index (χ3v) is 6.82. The molecule has 1 aliphatic heterocycles. The second-order valence-electron chi connectivity index (χ2n) is 9.40. The fourth-order valence-electron chi connectivity index (χ4n) is 5.04. The Morgan fingerprint density at radius 3 is 1.87 bits per heavy atom. The lowest BCUT2D eigenvalue weighted by Gasteiger charge is -2.43. The summed E-state index contributed by atoms with van der Waals surface area (Å²) in [6.07, 6.45) is 7.57. The number of para-hydroxylation sites is 2. The molecular formula is C34H30N2O2. The minimum absolute atomic E-state index is 0.0752. The molecule has 4 nitrogen and oxygen atoms in total. The van der Waals surface area contributed by atoms with Crippen molar-refractivity contribution in [2.24, 2.45) is 0 Å². The van der Waals surface area contributed by atoms with Gasteiger partial charge in [0.1, 0.15) is 0 Å². The maximum absolute atomic E-state index is 13.8. The highest BCUT2D eigenvalue weighted by Crippen LogP contribution is 2.42. The largest absolute Gasteiger partial charge is 0.306 e. The number of rotatable bonds is 6. The molecule has 2 amide bonds. The van der Waals surface area contributed by atoms with E-state index in [1.54, 1.807) is 12.2 Å². The molecule has 0 radical (unpaired) electrons. The van der Waals surface area contributed by atoms with E-state index in [0.29, 0.717) is 6.42 Å². The summed E-state index contributed by atoms with van der Waals surface area (Å²) in [5.74, 6) is -0.176. The molecule has 0 saturated heterocycles. The third-order valence-electron chi connectivity index (χ3n) is 6.82. The van der Waals surface area contributed by atoms with Gasteiger partial charge < -0.3 is 9.80 Å². The fraction of sp³-hybridized carbons (Fsp3) is 0.118. The SMILES string of the molecule is C[C@H]1C[C@@H](N(C(=O)/C=C/c2ccccc2)c2ccccc2)c2ccccc2N1C(=O)/C=C/c1ccccc1. The van der Waals surface area contributed by atoms with E-state index >= 15 is 0 Å². The van der Waals surface area contributed by atoms with Crippen molar-refractivity contribution < 1.29 is 9.59 Å². The second-order valence-corrected chi connectivity index (χ2v) is 9.40. The molecule has 4 aromatic carbocycles. The predicted octanol–water partition coefficient (Wildman–Crippen LogP) is 7.31. The van der Waals surface area contributed by atoms with Crippen LogP contribution in [0.4, 0.5) is 11.4 Å². The molecule has 38 heavy (non-hydrogen) atoms. The Bertz CT molecular complexity index is 1450. The Hall–Kier alpha value is -4.70. The molecule has 0 aromatic heterocycles. The highest BCUT2D eigenvalue weighted by atomic mass is 16.2. The topological polar surface area (TPSA) is 40.6 Å². The summed E-state index contributed by atoms with van der Waals surface area (Å²) in [6, 6.07) is 36.9. The average molecular weight is 499 g/mol. The monoisotopic (exact) mass is 498 g/mol. The number of amides is 2. The minimum Gasteiger partial charge on any atom is -0.306 e. The molecule has 0 unspecified atom stereocenters. The van der Waals surface area contributed by atoms with Gasteiger partial charge in [0.15, 0.2) is 0 Å². The quantitative estimate of drug-likeness (QED) is 0.262. The third kappa shape index (κ3) is 5.50. The molecule has 4 aromatic rings. The number of carbonyl (C=O) groups is 2. The first-order valence-electron chi connectivity index (χ1n) is 12.9. The molecule has 0 bridgehead atoms.